The lowest BCUT2D eigenvalue weighted by atomic mass is 9.77. The van der Waals surface area contributed by atoms with Crippen molar-refractivity contribution >= 4 is 11.8 Å². The van der Waals surface area contributed by atoms with E-state index < -0.39 is 48.7 Å². The number of aliphatic hydroxyl groups is 2. The van der Waals surface area contributed by atoms with Gasteiger partial charge < -0.3 is 25.2 Å². The van der Waals surface area contributed by atoms with E-state index in [0.717, 1.165) is 0 Å². The molecule has 0 radical (unpaired) electrons. The minimum absolute atomic E-state index is 0.0537. The molecule has 10 heteroatoms. The molecule has 1 aliphatic carbocycles. The zero-order valence-electron chi connectivity index (χ0n) is 17.8. The van der Waals surface area contributed by atoms with Crippen molar-refractivity contribution in [2.75, 3.05) is 19.7 Å². The Morgan fingerprint density at radius 2 is 1.94 bits per heavy atom. The number of hydrogen-bond acceptors (Lipinski definition) is 5. The zero-order valence-corrected chi connectivity index (χ0v) is 17.8. The van der Waals surface area contributed by atoms with Crippen LogP contribution in [0.3, 0.4) is 0 Å². The van der Waals surface area contributed by atoms with Gasteiger partial charge in [-0.1, -0.05) is 32.0 Å². The van der Waals surface area contributed by atoms with Gasteiger partial charge in [0.25, 0.3) is 0 Å². The van der Waals surface area contributed by atoms with E-state index in [-0.39, 0.29) is 31.1 Å². The Morgan fingerprint density at radius 1 is 1.25 bits per heavy atom. The quantitative estimate of drug-likeness (QED) is 0.581. The smallest absolute Gasteiger partial charge is 0.406 e. The van der Waals surface area contributed by atoms with Crippen LogP contribution in [0.25, 0.3) is 0 Å². The maximum absolute atomic E-state index is 13.4. The van der Waals surface area contributed by atoms with Crippen LogP contribution >= 0.6 is 0 Å². The summed E-state index contributed by atoms with van der Waals surface area (Å²) in [6, 6.07) is 5.40. The SMILES string of the molecule is CC(C)CC(=O)N(CC(F)(F)F)[C@@H]1C=C(C(=O)NCCO)[C@@H]2c3ccccc3O[C@@H]2[C@H]1O. The number of para-hydroxylation sites is 1. The van der Waals surface area contributed by atoms with Gasteiger partial charge >= 0.3 is 6.18 Å². The van der Waals surface area contributed by atoms with Gasteiger partial charge in [0.1, 0.15) is 24.5 Å². The topological polar surface area (TPSA) is 99.1 Å². The summed E-state index contributed by atoms with van der Waals surface area (Å²) in [7, 11) is 0. The maximum atomic E-state index is 13.4. The molecule has 2 amide bonds. The van der Waals surface area contributed by atoms with Crippen molar-refractivity contribution < 1.29 is 37.7 Å². The molecule has 2 aliphatic rings. The third-order valence-electron chi connectivity index (χ3n) is 5.49. The van der Waals surface area contributed by atoms with Gasteiger partial charge in [0.05, 0.1) is 18.6 Å². The summed E-state index contributed by atoms with van der Waals surface area (Å²) in [4.78, 5) is 26.2. The average molecular weight is 456 g/mol. The lowest BCUT2D eigenvalue weighted by Gasteiger charge is -2.41. The maximum Gasteiger partial charge on any atom is 0.406 e. The summed E-state index contributed by atoms with van der Waals surface area (Å²) in [5.41, 5.74) is 0.712. The third-order valence-corrected chi connectivity index (χ3v) is 5.49. The van der Waals surface area contributed by atoms with Crippen LogP contribution in [0.15, 0.2) is 35.9 Å². The molecule has 1 aliphatic heterocycles. The van der Waals surface area contributed by atoms with Gasteiger partial charge in [0.2, 0.25) is 11.8 Å². The molecule has 7 nitrogen and oxygen atoms in total. The van der Waals surface area contributed by atoms with Gasteiger partial charge in [-0.05, 0) is 18.1 Å². The fourth-order valence-corrected chi connectivity index (χ4v) is 4.21. The van der Waals surface area contributed by atoms with Crippen molar-refractivity contribution in [3.8, 4) is 5.75 Å². The van der Waals surface area contributed by atoms with Crippen LogP contribution in [-0.2, 0) is 9.59 Å². The molecule has 0 fully saturated rings. The first-order valence-corrected chi connectivity index (χ1v) is 10.4. The zero-order chi connectivity index (χ0) is 23.6. The van der Waals surface area contributed by atoms with E-state index in [9.17, 15) is 27.9 Å². The molecule has 0 aromatic heterocycles. The number of aliphatic hydroxyl groups excluding tert-OH is 2. The molecule has 4 atom stereocenters. The van der Waals surface area contributed by atoms with E-state index >= 15 is 0 Å². The predicted molar refractivity (Wildman–Crippen MR) is 109 cm³/mol. The summed E-state index contributed by atoms with van der Waals surface area (Å²) < 4.78 is 45.9. The predicted octanol–water partition coefficient (Wildman–Crippen LogP) is 1.75. The fourth-order valence-electron chi connectivity index (χ4n) is 4.21. The van der Waals surface area contributed by atoms with Crippen LogP contribution < -0.4 is 10.1 Å². The molecule has 1 aromatic carbocycles. The number of amides is 2. The number of nitrogens with one attached hydrogen (secondary N) is 1. The lowest BCUT2D eigenvalue weighted by Crippen LogP contribution is -2.57. The number of fused-ring (bicyclic) bond motifs is 3. The highest BCUT2D eigenvalue weighted by molar-refractivity contribution is 5.96. The first-order chi connectivity index (χ1) is 15.0. The molecule has 3 rings (SSSR count). The number of hydrogen-bond donors (Lipinski definition) is 3. The third kappa shape index (κ3) is 5.07. The van der Waals surface area contributed by atoms with Crippen LogP contribution in [0.1, 0.15) is 31.7 Å². The van der Waals surface area contributed by atoms with Crippen LogP contribution in [0.2, 0.25) is 0 Å². The highest BCUT2D eigenvalue weighted by Crippen LogP contribution is 2.47. The largest absolute Gasteiger partial charge is 0.486 e. The highest BCUT2D eigenvalue weighted by Gasteiger charge is 2.51. The number of halogens is 3. The van der Waals surface area contributed by atoms with E-state index in [4.69, 9.17) is 9.84 Å². The second kappa shape index (κ2) is 9.50. The van der Waals surface area contributed by atoms with Crippen molar-refractivity contribution in [3.63, 3.8) is 0 Å². The average Bonchev–Trinajstić information content (AvgIpc) is 3.10. The molecule has 0 saturated carbocycles. The molecule has 1 aromatic rings. The molecular formula is C22H27F3N2O5. The molecule has 0 spiro atoms. The number of carbonyl (C=O) groups excluding carboxylic acids is 2. The van der Waals surface area contributed by atoms with Gasteiger partial charge in [0, 0.05) is 24.1 Å². The van der Waals surface area contributed by atoms with E-state index in [1.54, 1.807) is 38.1 Å². The van der Waals surface area contributed by atoms with Crippen molar-refractivity contribution in [3.05, 3.63) is 41.5 Å². The molecule has 32 heavy (non-hydrogen) atoms. The summed E-state index contributed by atoms with van der Waals surface area (Å²) in [6.45, 7) is 1.47. The number of ether oxygens (including phenoxy) is 1. The van der Waals surface area contributed by atoms with Gasteiger partial charge in [-0.15, -0.1) is 0 Å². The Kier molecular flexibility index (Phi) is 7.14. The Labute approximate surface area is 183 Å². The van der Waals surface area contributed by atoms with Gasteiger partial charge in [-0.2, -0.15) is 13.2 Å². The van der Waals surface area contributed by atoms with Crippen molar-refractivity contribution in [1.29, 1.82) is 0 Å². The number of benzene rings is 1. The van der Waals surface area contributed by atoms with Gasteiger partial charge in [0.15, 0.2) is 0 Å². The van der Waals surface area contributed by atoms with E-state index in [1.807, 2.05) is 0 Å². The van der Waals surface area contributed by atoms with Gasteiger partial charge in [-0.25, -0.2) is 0 Å². The Bertz CT molecular complexity index is 887. The van der Waals surface area contributed by atoms with E-state index in [2.05, 4.69) is 5.32 Å². The highest BCUT2D eigenvalue weighted by atomic mass is 19.4. The minimum Gasteiger partial charge on any atom is -0.486 e. The van der Waals surface area contributed by atoms with Crippen molar-refractivity contribution in [2.24, 2.45) is 5.92 Å². The second-order valence-electron chi connectivity index (χ2n) is 8.42. The Balaban J connectivity index is 2.05. The molecule has 0 bridgehead atoms. The summed E-state index contributed by atoms with van der Waals surface area (Å²) in [6.07, 6.45) is -6.14. The fraction of sp³-hybridized carbons (Fsp3) is 0.545. The van der Waals surface area contributed by atoms with E-state index in [0.29, 0.717) is 16.2 Å². The number of nitrogens with zero attached hydrogens (tertiary/aromatic N) is 1. The van der Waals surface area contributed by atoms with Crippen LogP contribution in [0.4, 0.5) is 13.2 Å². The summed E-state index contributed by atoms with van der Waals surface area (Å²) in [5, 5.41) is 22.6. The summed E-state index contributed by atoms with van der Waals surface area (Å²) >= 11 is 0. The molecule has 0 unspecified atom stereocenters. The monoisotopic (exact) mass is 456 g/mol. The minimum atomic E-state index is -4.70. The van der Waals surface area contributed by atoms with Crippen LogP contribution in [0, 0.1) is 5.92 Å². The lowest BCUT2D eigenvalue weighted by molar-refractivity contribution is -0.170. The van der Waals surface area contributed by atoms with Crippen LogP contribution in [0.5, 0.6) is 5.75 Å². The number of carbonyl (C=O) groups is 2. The molecule has 3 N–H and O–H groups in total. The Morgan fingerprint density at radius 3 is 2.56 bits per heavy atom. The standard InChI is InChI=1S/C22H27F3N2O5/c1-12(2)9-17(29)27(11-22(23,24)25)15-10-14(21(31)26-7-8-28)18-13-5-3-4-6-16(13)32-20(18)19(15)30/h3-6,10,12,15,18-20,28,30H,7-9,11H2,1-2H3,(H,26,31)/t15-,18+,19+,20+/m1/s1. The molecular weight excluding hydrogens is 429 g/mol. The Hall–Kier alpha value is -2.59. The number of rotatable bonds is 7. The van der Waals surface area contributed by atoms with Gasteiger partial charge in [-0.3, -0.25) is 9.59 Å². The molecule has 1 heterocycles. The summed E-state index contributed by atoms with van der Waals surface area (Å²) in [5.74, 6) is -1.88. The second-order valence-corrected chi connectivity index (χ2v) is 8.42. The molecule has 176 valence electrons. The first kappa shape index (κ1) is 24.1. The number of alkyl halides is 3. The van der Waals surface area contributed by atoms with Crippen molar-refractivity contribution in [1.82, 2.24) is 10.2 Å². The first-order valence-electron chi connectivity index (χ1n) is 10.4. The van der Waals surface area contributed by atoms with E-state index in [1.165, 1.54) is 6.08 Å². The van der Waals surface area contributed by atoms with Crippen LogP contribution in [-0.4, -0.2) is 71.0 Å². The molecule has 0 saturated heterocycles. The van der Waals surface area contributed by atoms with Crippen molar-refractivity contribution in [2.45, 2.75) is 50.6 Å². The normalized spacial score (nSPS) is 24.3.